The van der Waals surface area contributed by atoms with Gasteiger partial charge in [0.2, 0.25) is 17.7 Å². The minimum Gasteiger partial charge on any atom is -0.481 e. The summed E-state index contributed by atoms with van der Waals surface area (Å²) in [6.45, 7) is 1.07. The van der Waals surface area contributed by atoms with Crippen LogP contribution in [-0.2, 0) is 19.2 Å². The van der Waals surface area contributed by atoms with E-state index in [9.17, 15) is 19.2 Å². The van der Waals surface area contributed by atoms with Gasteiger partial charge in [-0.1, -0.05) is 0 Å². The summed E-state index contributed by atoms with van der Waals surface area (Å²) in [7, 11) is 0. The van der Waals surface area contributed by atoms with Crippen molar-refractivity contribution in [2.45, 2.75) is 63.3 Å². The Kier molecular flexibility index (Phi) is 6.72. The maximum absolute atomic E-state index is 12.9. The van der Waals surface area contributed by atoms with E-state index in [1.54, 1.807) is 6.20 Å². The van der Waals surface area contributed by atoms with Crippen molar-refractivity contribution in [2.75, 3.05) is 18.4 Å². The van der Waals surface area contributed by atoms with E-state index in [0.29, 0.717) is 44.6 Å². The number of hydrogen-bond donors (Lipinski definition) is 3. The molecule has 1 saturated carbocycles. The fraction of sp³-hybridized carbons (Fsp3) is 0.609. The number of aromatic nitrogens is 1. The normalized spacial score (nSPS) is 27.0. The first-order chi connectivity index (χ1) is 15.4. The molecule has 1 atom stereocenters. The second kappa shape index (κ2) is 9.67. The maximum atomic E-state index is 12.9. The van der Waals surface area contributed by atoms with Gasteiger partial charge in [-0.2, -0.15) is 0 Å². The second-order valence-electron chi connectivity index (χ2n) is 9.11. The van der Waals surface area contributed by atoms with Crippen LogP contribution in [0.2, 0.25) is 0 Å². The monoisotopic (exact) mass is 442 g/mol. The third kappa shape index (κ3) is 5.08. The molecule has 1 aromatic rings. The Balaban J connectivity index is 1.27. The van der Waals surface area contributed by atoms with E-state index < -0.39 is 5.97 Å². The van der Waals surface area contributed by atoms with E-state index in [4.69, 9.17) is 5.11 Å². The molecule has 9 nitrogen and oxygen atoms in total. The topological polar surface area (TPSA) is 129 Å². The molecule has 3 N–H and O–H groups in total. The highest BCUT2D eigenvalue weighted by Gasteiger charge is 2.33. The van der Waals surface area contributed by atoms with Crippen LogP contribution in [0.25, 0.3) is 0 Å². The number of nitrogens with zero attached hydrogens (tertiary/aromatic N) is 2. The van der Waals surface area contributed by atoms with Gasteiger partial charge in [-0.3, -0.25) is 24.5 Å². The van der Waals surface area contributed by atoms with Crippen LogP contribution in [0, 0.1) is 11.8 Å². The van der Waals surface area contributed by atoms with Crippen LogP contribution in [0.3, 0.4) is 0 Å². The fourth-order valence-electron chi connectivity index (χ4n) is 5.05. The lowest BCUT2D eigenvalue weighted by Crippen LogP contribution is -2.44. The number of carbonyl (C=O) groups excluding carboxylic acids is 3. The van der Waals surface area contributed by atoms with Crippen molar-refractivity contribution < 1.29 is 24.3 Å². The van der Waals surface area contributed by atoms with E-state index in [0.717, 1.165) is 31.2 Å². The molecule has 1 unspecified atom stereocenters. The Labute approximate surface area is 187 Å². The Morgan fingerprint density at radius 2 is 1.75 bits per heavy atom. The molecule has 2 saturated heterocycles. The molecule has 3 heterocycles. The summed E-state index contributed by atoms with van der Waals surface area (Å²) < 4.78 is 0. The van der Waals surface area contributed by atoms with Crippen LogP contribution in [0.15, 0.2) is 18.3 Å². The molecule has 1 aliphatic carbocycles. The molecule has 4 rings (SSSR count). The SMILES string of the molecule is O=C1CCC(c2ccnc(NC3CCC(C(=O)N4CCC(C(=O)O)CC4)CC3)c2)C(=O)N1. The number of amides is 3. The number of hydrogen-bond acceptors (Lipinski definition) is 6. The highest BCUT2D eigenvalue weighted by Crippen LogP contribution is 2.31. The number of aliphatic carboxylic acids is 1. The zero-order chi connectivity index (χ0) is 22.7. The molecule has 0 spiro atoms. The minimum atomic E-state index is -0.765. The lowest BCUT2D eigenvalue weighted by atomic mass is 9.84. The van der Waals surface area contributed by atoms with Crippen molar-refractivity contribution in [1.29, 1.82) is 0 Å². The number of carbonyl (C=O) groups is 4. The van der Waals surface area contributed by atoms with E-state index in [1.807, 2.05) is 17.0 Å². The number of carboxylic acid groups (broad SMARTS) is 1. The molecule has 2 aliphatic heterocycles. The largest absolute Gasteiger partial charge is 0.481 e. The lowest BCUT2D eigenvalue weighted by molar-refractivity contribution is -0.147. The molecule has 0 bridgehead atoms. The second-order valence-corrected chi connectivity index (χ2v) is 9.11. The number of carboxylic acids is 1. The number of piperidine rings is 2. The van der Waals surface area contributed by atoms with Gasteiger partial charge in [0.1, 0.15) is 5.82 Å². The lowest BCUT2D eigenvalue weighted by Gasteiger charge is -2.35. The zero-order valence-electron chi connectivity index (χ0n) is 18.1. The van der Waals surface area contributed by atoms with Crippen molar-refractivity contribution in [3.63, 3.8) is 0 Å². The van der Waals surface area contributed by atoms with Crippen LogP contribution in [0.5, 0.6) is 0 Å². The Bertz CT molecular complexity index is 888. The molecule has 0 radical (unpaired) electrons. The Hall–Kier alpha value is -2.97. The van der Waals surface area contributed by atoms with Crippen LogP contribution in [-0.4, -0.2) is 57.8 Å². The van der Waals surface area contributed by atoms with Crippen molar-refractivity contribution in [3.8, 4) is 0 Å². The molecule has 32 heavy (non-hydrogen) atoms. The summed E-state index contributed by atoms with van der Waals surface area (Å²) in [6, 6.07) is 3.90. The molecular weight excluding hydrogens is 412 g/mol. The summed E-state index contributed by atoms with van der Waals surface area (Å²) in [5.74, 6) is -1.06. The first kappa shape index (κ1) is 22.2. The molecule has 3 amide bonds. The molecule has 172 valence electrons. The van der Waals surface area contributed by atoms with Crippen LogP contribution in [0.4, 0.5) is 5.82 Å². The summed E-state index contributed by atoms with van der Waals surface area (Å²) in [5.41, 5.74) is 0.848. The minimum absolute atomic E-state index is 0.00260. The van der Waals surface area contributed by atoms with Crippen molar-refractivity contribution in [1.82, 2.24) is 15.2 Å². The third-order valence-corrected chi connectivity index (χ3v) is 7.01. The van der Waals surface area contributed by atoms with Gasteiger partial charge in [-0.25, -0.2) is 4.98 Å². The number of rotatable bonds is 5. The highest BCUT2D eigenvalue weighted by molar-refractivity contribution is 6.01. The van der Waals surface area contributed by atoms with Crippen molar-refractivity contribution in [3.05, 3.63) is 23.9 Å². The summed E-state index contributed by atoms with van der Waals surface area (Å²) >= 11 is 0. The summed E-state index contributed by atoms with van der Waals surface area (Å²) in [5, 5.41) is 15.0. The van der Waals surface area contributed by atoms with Gasteiger partial charge >= 0.3 is 5.97 Å². The van der Waals surface area contributed by atoms with E-state index >= 15 is 0 Å². The van der Waals surface area contributed by atoms with E-state index in [2.05, 4.69) is 15.6 Å². The van der Waals surface area contributed by atoms with Gasteiger partial charge in [-0.15, -0.1) is 0 Å². The smallest absolute Gasteiger partial charge is 0.306 e. The zero-order valence-corrected chi connectivity index (χ0v) is 18.1. The van der Waals surface area contributed by atoms with E-state index in [1.165, 1.54) is 0 Å². The summed E-state index contributed by atoms with van der Waals surface area (Å²) in [6.07, 6.45) is 6.89. The molecule has 0 aromatic carbocycles. The number of likely N-dealkylation sites (tertiary alicyclic amines) is 1. The summed E-state index contributed by atoms with van der Waals surface area (Å²) in [4.78, 5) is 53.7. The van der Waals surface area contributed by atoms with Gasteiger partial charge in [0.15, 0.2) is 0 Å². The van der Waals surface area contributed by atoms with Crippen molar-refractivity contribution >= 4 is 29.5 Å². The first-order valence-electron chi connectivity index (χ1n) is 11.5. The third-order valence-electron chi connectivity index (χ3n) is 7.01. The fourth-order valence-corrected chi connectivity index (χ4v) is 5.05. The Morgan fingerprint density at radius 3 is 2.41 bits per heavy atom. The van der Waals surface area contributed by atoms with Gasteiger partial charge in [0, 0.05) is 37.7 Å². The first-order valence-corrected chi connectivity index (χ1v) is 11.5. The maximum Gasteiger partial charge on any atom is 0.306 e. The Morgan fingerprint density at radius 1 is 1.03 bits per heavy atom. The number of anilines is 1. The van der Waals surface area contributed by atoms with Crippen LogP contribution in [0.1, 0.15) is 62.8 Å². The number of imide groups is 1. The van der Waals surface area contributed by atoms with E-state index in [-0.39, 0.29) is 41.5 Å². The molecular formula is C23H30N4O5. The predicted molar refractivity (Wildman–Crippen MR) is 116 cm³/mol. The predicted octanol–water partition coefficient (Wildman–Crippen LogP) is 1.90. The van der Waals surface area contributed by atoms with Gasteiger partial charge < -0.3 is 15.3 Å². The quantitative estimate of drug-likeness (QED) is 0.594. The molecule has 1 aromatic heterocycles. The van der Waals surface area contributed by atoms with Gasteiger partial charge in [-0.05, 0) is 62.6 Å². The van der Waals surface area contributed by atoms with Crippen LogP contribution < -0.4 is 10.6 Å². The average molecular weight is 443 g/mol. The number of pyridine rings is 1. The van der Waals surface area contributed by atoms with Gasteiger partial charge in [0.05, 0.1) is 11.8 Å². The van der Waals surface area contributed by atoms with Gasteiger partial charge in [0.25, 0.3) is 0 Å². The van der Waals surface area contributed by atoms with Crippen molar-refractivity contribution in [2.24, 2.45) is 11.8 Å². The molecule has 3 fully saturated rings. The van der Waals surface area contributed by atoms with Crippen LogP contribution >= 0.6 is 0 Å². The highest BCUT2D eigenvalue weighted by atomic mass is 16.4. The molecule has 9 heteroatoms. The number of nitrogens with one attached hydrogen (secondary N) is 2. The average Bonchev–Trinajstić information content (AvgIpc) is 2.79. The standard InChI is InChI=1S/C23H30N4O5/c28-20-6-5-18(21(29)26-20)16-7-10-24-19(13-16)25-17-3-1-14(2-4-17)22(30)27-11-8-15(9-12-27)23(31)32/h7,10,13-15,17-18H,1-6,8-9,11-12H2,(H,24,25)(H,31,32)(H,26,28,29). The molecule has 3 aliphatic rings.